The molecular formula is C31H36FN4O9+. The number of aliphatic hydroxyl groups excluding tert-OH is 3. The van der Waals surface area contributed by atoms with Crippen LogP contribution in [-0.4, -0.2) is 110 Å². The molecule has 0 radical (unpaired) electrons. The van der Waals surface area contributed by atoms with E-state index in [9.17, 15) is 25.2 Å². The van der Waals surface area contributed by atoms with E-state index >= 15 is 4.39 Å². The third-order valence-corrected chi connectivity index (χ3v) is 8.76. The van der Waals surface area contributed by atoms with Gasteiger partial charge in [0.05, 0.1) is 44.3 Å². The number of aryl methyl sites for hydroxylation is 1. The Kier molecular flexibility index (Phi) is 8.50. The summed E-state index contributed by atoms with van der Waals surface area (Å²) in [6, 6.07) is 8.33. The Morgan fingerprint density at radius 3 is 2.56 bits per heavy atom. The van der Waals surface area contributed by atoms with E-state index in [0.717, 1.165) is 18.5 Å². The first kappa shape index (κ1) is 30.9. The van der Waals surface area contributed by atoms with Gasteiger partial charge in [-0.25, -0.2) is 19.2 Å². The third-order valence-electron chi connectivity index (χ3n) is 8.76. The van der Waals surface area contributed by atoms with Crippen molar-refractivity contribution in [3.8, 4) is 23.1 Å². The zero-order valence-electron chi connectivity index (χ0n) is 24.9. The van der Waals surface area contributed by atoms with Crippen LogP contribution in [0.3, 0.4) is 0 Å². The van der Waals surface area contributed by atoms with Crippen molar-refractivity contribution >= 4 is 27.8 Å². The molecule has 0 unspecified atom stereocenters. The molecular weight excluding hydrogens is 591 g/mol. The quantitative estimate of drug-likeness (QED) is 0.129. The van der Waals surface area contributed by atoms with Gasteiger partial charge in [0.25, 0.3) is 0 Å². The van der Waals surface area contributed by atoms with Gasteiger partial charge in [0.15, 0.2) is 35.3 Å². The van der Waals surface area contributed by atoms with Gasteiger partial charge >= 0.3 is 5.97 Å². The predicted molar refractivity (Wildman–Crippen MR) is 158 cm³/mol. The fourth-order valence-electron chi connectivity index (χ4n) is 6.52. The smallest absolute Gasteiger partial charge is 0.335 e. The summed E-state index contributed by atoms with van der Waals surface area (Å²) in [5.74, 6) is -0.947. The molecule has 2 fully saturated rings. The molecule has 0 aliphatic carbocycles. The summed E-state index contributed by atoms with van der Waals surface area (Å²) < 4.78 is 38.8. The second-order valence-corrected chi connectivity index (χ2v) is 11.6. The van der Waals surface area contributed by atoms with E-state index in [0.29, 0.717) is 59.4 Å². The maximum absolute atomic E-state index is 15.2. The molecule has 6 rings (SSSR count). The Labute approximate surface area is 257 Å². The fraction of sp³-hybridized carbons (Fsp3) is 0.452. The number of carboxylic acids is 1. The zero-order valence-corrected chi connectivity index (χ0v) is 24.9. The van der Waals surface area contributed by atoms with Crippen LogP contribution in [-0.2, 0) is 9.53 Å². The van der Waals surface area contributed by atoms with Gasteiger partial charge in [-0.05, 0) is 31.2 Å². The van der Waals surface area contributed by atoms with Crippen LogP contribution in [0.4, 0.5) is 4.39 Å². The van der Waals surface area contributed by atoms with Gasteiger partial charge in [-0.2, -0.15) is 0 Å². The number of quaternary nitrogens is 1. The first-order chi connectivity index (χ1) is 21.6. The lowest BCUT2D eigenvalue weighted by Gasteiger charge is -2.48. The zero-order chi connectivity index (χ0) is 31.9. The monoisotopic (exact) mass is 627 g/mol. The average Bonchev–Trinajstić information content (AvgIpc) is 3.66. The molecule has 4 heterocycles. The van der Waals surface area contributed by atoms with Gasteiger partial charge in [0.2, 0.25) is 12.1 Å². The summed E-state index contributed by atoms with van der Waals surface area (Å²) in [7, 11) is 1.49. The maximum atomic E-state index is 15.2. The molecule has 2 aromatic heterocycles. The highest BCUT2D eigenvalue weighted by atomic mass is 19.1. The van der Waals surface area contributed by atoms with Gasteiger partial charge in [-0.1, -0.05) is 0 Å². The van der Waals surface area contributed by atoms with Crippen molar-refractivity contribution in [3.05, 3.63) is 48.2 Å². The second kappa shape index (κ2) is 12.4. The van der Waals surface area contributed by atoms with E-state index in [2.05, 4.69) is 15.0 Å². The minimum absolute atomic E-state index is 0.0172. The summed E-state index contributed by atoms with van der Waals surface area (Å²) in [5, 5.41) is 41.7. The van der Waals surface area contributed by atoms with Crippen LogP contribution in [0, 0.1) is 12.7 Å². The number of hydrogen-bond acceptors (Lipinski definition) is 10. The Balaban J connectivity index is 1.17. The second-order valence-electron chi connectivity index (χ2n) is 11.6. The number of ether oxygens (including phenoxy) is 4. The first-order valence-corrected chi connectivity index (χ1v) is 14.8. The molecule has 45 heavy (non-hydrogen) atoms. The van der Waals surface area contributed by atoms with E-state index in [1.165, 1.54) is 19.5 Å². The van der Waals surface area contributed by atoms with Crippen LogP contribution in [0.1, 0.15) is 25.0 Å². The van der Waals surface area contributed by atoms with Gasteiger partial charge in [0.1, 0.15) is 18.5 Å². The number of halogens is 1. The predicted octanol–water partition coefficient (Wildman–Crippen LogP) is 2.63. The lowest BCUT2D eigenvalue weighted by Crippen LogP contribution is -2.70. The molecule has 0 saturated carbocycles. The van der Waals surface area contributed by atoms with Gasteiger partial charge in [-0.3, -0.25) is 4.48 Å². The number of nitrogens with zero attached hydrogens (tertiary/aromatic N) is 3. The number of H-pyrrole nitrogens is 1. The number of aliphatic hydroxyl groups is 3. The standard InChI is InChI=1S/C31H35FN4O9/c1-16-12-17-19(35-16)6-7-21(24(17)32)44-29-18-13-22(42-2)23(14-20(18)33-15-34-29)43-11-5-10-36(8-3-4-9-36)30-27(39)25(37)26(38)28(45-30)31(40)41/h6-7,12-15,25-28,30,35,37-39H,3-5,8-11H2,1-2H3/p+1/t25-,26-,27+,28-,30+/m0/s1. The summed E-state index contributed by atoms with van der Waals surface area (Å²) >= 11 is 0. The van der Waals surface area contributed by atoms with E-state index < -0.39 is 42.4 Å². The largest absolute Gasteiger partial charge is 0.493 e. The molecule has 4 aromatic rings. The fourth-order valence-corrected chi connectivity index (χ4v) is 6.52. The number of fused-ring (bicyclic) bond motifs is 2. The Bertz CT molecular complexity index is 1710. The molecule has 0 amide bonds. The van der Waals surface area contributed by atoms with Crippen molar-refractivity contribution in [2.75, 3.05) is 33.4 Å². The van der Waals surface area contributed by atoms with Crippen molar-refractivity contribution in [2.45, 2.75) is 56.8 Å². The molecule has 0 bridgehead atoms. The number of carbonyl (C=O) groups is 1. The lowest BCUT2D eigenvalue weighted by molar-refractivity contribution is -0.968. The van der Waals surface area contributed by atoms with Crippen molar-refractivity contribution in [3.63, 3.8) is 0 Å². The summed E-state index contributed by atoms with van der Waals surface area (Å²) in [5.41, 5.74) is 1.98. The molecule has 0 spiro atoms. The van der Waals surface area contributed by atoms with Crippen molar-refractivity contribution < 1.29 is 53.0 Å². The highest BCUT2D eigenvalue weighted by Crippen LogP contribution is 2.38. The van der Waals surface area contributed by atoms with Crippen LogP contribution < -0.4 is 14.2 Å². The third kappa shape index (κ3) is 5.75. The Hall–Kier alpha value is -4.08. The van der Waals surface area contributed by atoms with Crippen molar-refractivity contribution in [1.82, 2.24) is 15.0 Å². The van der Waals surface area contributed by atoms with Crippen LogP contribution in [0.2, 0.25) is 0 Å². The van der Waals surface area contributed by atoms with Crippen molar-refractivity contribution in [1.29, 1.82) is 0 Å². The minimum Gasteiger partial charge on any atom is -0.493 e. The summed E-state index contributed by atoms with van der Waals surface area (Å²) in [6.45, 7) is 3.80. The Morgan fingerprint density at radius 2 is 1.82 bits per heavy atom. The van der Waals surface area contributed by atoms with Gasteiger partial charge < -0.3 is 44.4 Å². The van der Waals surface area contributed by atoms with Crippen LogP contribution >= 0.6 is 0 Å². The van der Waals surface area contributed by atoms with E-state index in [-0.39, 0.29) is 22.7 Å². The average molecular weight is 628 g/mol. The van der Waals surface area contributed by atoms with E-state index in [4.69, 9.17) is 18.9 Å². The molecule has 2 aliphatic heterocycles. The minimum atomic E-state index is -1.74. The Morgan fingerprint density at radius 1 is 1.04 bits per heavy atom. The summed E-state index contributed by atoms with van der Waals surface area (Å²) in [4.78, 5) is 23.3. The van der Waals surface area contributed by atoms with E-state index in [1.807, 2.05) is 6.92 Å². The number of nitrogens with one attached hydrogen (secondary N) is 1. The van der Waals surface area contributed by atoms with Gasteiger partial charge in [0, 0.05) is 41.9 Å². The molecule has 2 aromatic carbocycles. The normalized spacial score (nSPS) is 24.6. The number of aromatic amines is 1. The number of methoxy groups -OCH3 is 1. The van der Waals surface area contributed by atoms with Crippen LogP contribution in [0.15, 0.2) is 36.7 Å². The van der Waals surface area contributed by atoms with Crippen molar-refractivity contribution in [2.24, 2.45) is 0 Å². The van der Waals surface area contributed by atoms with Crippen LogP contribution in [0.5, 0.6) is 23.1 Å². The molecule has 14 heteroatoms. The van der Waals surface area contributed by atoms with Crippen LogP contribution in [0.25, 0.3) is 21.8 Å². The topological polar surface area (TPSA) is 176 Å². The molecule has 13 nitrogen and oxygen atoms in total. The molecule has 5 N–H and O–H groups in total. The number of carboxylic acid groups (broad SMARTS) is 1. The van der Waals surface area contributed by atoms with E-state index in [1.54, 1.807) is 24.3 Å². The number of rotatable bonds is 10. The SMILES string of the molecule is COc1cc2c(Oc3ccc4[nH]c(C)cc4c3F)ncnc2cc1OCCC[N+]1([C@@H]2O[C@H](C(=O)O)[C@@H](O)[C@H](O)[C@H]2O)CCCC1. The molecule has 240 valence electrons. The molecule has 2 aliphatic rings. The highest BCUT2D eigenvalue weighted by molar-refractivity contribution is 5.87. The number of aliphatic carboxylic acids is 1. The first-order valence-electron chi connectivity index (χ1n) is 14.8. The number of hydrogen-bond donors (Lipinski definition) is 5. The van der Waals surface area contributed by atoms with Gasteiger partial charge in [-0.15, -0.1) is 0 Å². The lowest BCUT2D eigenvalue weighted by atomic mass is 9.96. The maximum Gasteiger partial charge on any atom is 0.335 e. The number of benzene rings is 2. The molecule has 2 saturated heterocycles. The highest BCUT2D eigenvalue weighted by Gasteiger charge is 2.55. The molecule has 5 atom stereocenters. The number of aromatic nitrogens is 3. The summed E-state index contributed by atoms with van der Waals surface area (Å²) in [6.07, 6.45) is -3.98. The number of likely N-dealkylation sites (tertiary alicyclic amines) is 1.